The fourth-order valence-corrected chi connectivity index (χ4v) is 9.05. The maximum absolute atomic E-state index is 14.7. The summed E-state index contributed by atoms with van der Waals surface area (Å²) in [6, 6.07) is 13.0. The van der Waals surface area contributed by atoms with Crippen molar-refractivity contribution >= 4 is 50.8 Å². The SMILES string of the molecule is C=C[C@@H]1C[C@]1(NC(=O)[C@@H]1C[C@@H]2CN1C(=O)[C@H](C(C)(C)C)NC(=O)OCCCC/C=C/c1cc3c(cc(-c4ccccc4)nc3cc1OC)O2)C(=O)NS(=O)(=O)C1CC1. The largest absolute Gasteiger partial charge is 0.496 e. The highest BCUT2D eigenvalue weighted by Gasteiger charge is 2.62. The van der Waals surface area contributed by atoms with Gasteiger partial charge < -0.3 is 29.7 Å². The Morgan fingerprint density at radius 3 is 2.53 bits per heavy atom. The second-order valence-electron chi connectivity index (χ2n) is 16.6. The Bertz CT molecular complexity index is 2250. The van der Waals surface area contributed by atoms with Crippen LogP contribution in [0, 0.1) is 11.3 Å². The monoisotopic (exact) mass is 813 g/mol. The fraction of sp³-hybridized carbons (Fsp3) is 0.465. The van der Waals surface area contributed by atoms with Crippen molar-refractivity contribution in [2.75, 3.05) is 20.3 Å². The Labute approximate surface area is 338 Å². The Balaban J connectivity index is 1.28. The summed E-state index contributed by atoms with van der Waals surface area (Å²) >= 11 is 0. The van der Waals surface area contributed by atoms with Crippen LogP contribution in [0.4, 0.5) is 4.79 Å². The van der Waals surface area contributed by atoms with Crippen LogP contribution < -0.4 is 24.8 Å². The molecule has 15 heteroatoms. The van der Waals surface area contributed by atoms with Crippen LogP contribution in [0.15, 0.2) is 67.3 Å². The Hall–Kier alpha value is -5.44. The van der Waals surface area contributed by atoms with Crippen LogP contribution in [0.25, 0.3) is 28.2 Å². The molecule has 3 heterocycles. The third-order valence-corrected chi connectivity index (χ3v) is 13.1. The van der Waals surface area contributed by atoms with Crippen LogP contribution >= 0.6 is 0 Å². The van der Waals surface area contributed by atoms with Gasteiger partial charge in [-0.25, -0.2) is 18.2 Å². The number of aromatic nitrogens is 1. The molecule has 2 aliphatic heterocycles. The van der Waals surface area contributed by atoms with E-state index in [-0.39, 0.29) is 26.0 Å². The highest BCUT2D eigenvalue weighted by Crippen LogP contribution is 2.46. The number of amides is 4. The summed E-state index contributed by atoms with van der Waals surface area (Å²) in [5.74, 6) is -1.50. The van der Waals surface area contributed by atoms with Crippen LogP contribution in [0.2, 0.25) is 0 Å². The molecule has 4 bridgehead atoms. The van der Waals surface area contributed by atoms with Crippen LogP contribution in [0.3, 0.4) is 0 Å². The highest BCUT2D eigenvalue weighted by atomic mass is 32.2. The minimum atomic E-state index is -3.92. The molecule has 0 spiro atoms. The zero-order chi connectivity index (χ0) is 41.4. The summed E-state index contributed by atoms with van der Waals surface area (Å²) < 4.78 is 45.9. The van der Waals surface area contributed by atoms with Crippen LogP contribution in [-0.4, -0.2) is 91.4 Å². The number of fused-ring (bicyclic) bond motifs is 3. The van der Waals surface area contributed by atoms with Gasteiger partial charge in [0.15, 0.2) is 0 Å². The Morgan fingerprint density at radius 2 is 1.86 bits per heavy atom. The van der Waals surface area contributed by atoms with E-state index in [9.17, 15) is 27.6 Å². The Kier molecular flexibility index (Phi) is 11.3. The zero-order valence-electron chi connectivity index (χ0n) is 33.3. The molecule has 2 aromatic carbocycles. The molecule has 14 nitrogen and oxygen atoms in total. The van der Waals surface area contributed by atoms with Crippen molar-refractivity contribution in [3.63, 3.8) is 0 Å². The molecule has 3 fully saturated rings. The number of ether oxygens (including phenoxy) is 3. The molecule has 3 N–H and O–H groups in total. The number of hydrogen-bond donors (Lipinski definition) is 3. The Morgan fingerprint density at radius 1 is 1.10 bits per heavy atom. The second-order valence-corrected chi connectivity index (χ2v) is 18.6. The predicted molar refractivity (Wildman–Crippen MR) is 218 cm³/mol. The van der Waals surface area contributed by atoms with Crippen molar-refractivity contribution in [1.82, 2.24) is 25.2 Å². The van der Waals surface area contributed by atoms with Crippen molar-refractivity contribution in [3.05, 3.63) is 72.8 Å². The molecule has 7 rings (SSSR count). The van der Waals surface area contributed by atoms with E-state index in [4.69, 9.17) is 19.2 Å². The van der Waals surface area contributed by atoms with E-state index >= 15 is 0 Å². The quantitative estimate of drug-likeness (QED) is 0.254. The number of benzene rings is 2. The van der Waals surface area contributed by atoms with Crippen LogP contribution in [-0.2, 0) is 29.1 Å². The van der Waals surface area contributed by atoms with Gasteiger partial charge in [-0.1, -0.05) is 69.3 Å². The number of rotatable bonds is 8. The molecule has 4 amide bonds. The lowest BCUT2D eigenvalue weighted by Crippen LogP contribution is -2.60. The van der Waals surface area contributed by atoms with Crippen molar-refractivity contribution in [2.24, 2.45) is 11.3 Å². The molecular weight excluding hydrogens is 763 g/mol. The number of methoxy groups -OCH3 is 1. The minimum Gasteiger partial charge on any atom is -0.496 e. The van der Waals surface area contributed by atoms with E-state index in [1.54, 1.807) is 27.9 Å². The molecule has 3 aromatic rings. The molecule has 1 aromatic heterocycles. The molecule has 308 valence electrons. The van der Waals surface area contributed by atoms with Gasteiger partial charge in [-0.2, -0.15) is 0 Å². The first-order chi connectivity index (χ1) is 27.6. The van der Waals surface area contributed by atoms with Gasteiger partial charge in [-0.05, 0) is 50.0 Å². The summed E-state index contributed by atoms with van der Waals surface area (Å²) in [7, 11) is -2.32. The average Bonchev–Trinajstić information content (AvgIpc) is 4.12. The van der Waals surface area contributed by atoms with Gasteiger partial charge in [0.1, 0.15) is 35.2 Å². The van der Waals surface area contributed by atoms with Gasteiger partial charge in [0.25, 0.3) is 5.91 Å². The number of sulfonamides is 1. The van der Waals surface area contributed by atoms with Crippen LogP contribution in [0.5, 0.6) is 11.5 Å². The topological polar surface area (TPSA) is 182 Å². The number of nitrogens with one attached hydrogen (secondary N) is 3. The molecule has 58 heavy (non-hydrogen) atoms. The number of cyclic esters (lactones) is 1. The molecule has 0 radical (unpaired) electrons. The smallest absolute Gasteiger partial charge is 0.407 e. The second kappa shape index (κ2) is 16.1. The average molecular weight is 814 g/mol. The number of carbonyl (C=O) groups is 4. The molecule has 0 unspecified atom stereocenters. The number of alkyl carbamates (subject to hydrolysis) is 1. The summed E-state index contributed by atoms with van der Waals surface area (Å²) in [6.07, 6.45) is 7.11. The first-order valence-electron chi connectivity index (χ1n) is 19.8. The number of nitrogens with zero attached hydrogens (tertiary/aromatic N) is 2. The number of allylic oxidation sites excluding steroid dienone is 1. The van der Waals surface area contributed by atoms with Gasteiger partial charge in [0, 0.05) is 41.0 Å². The lowest BCUT2D eigenvalue weighted by molar-refractivity contribution is -0.142. The first-order valence-corrected chi connectivity index (χ1v) is 21.3. The molecule has 2 saturated carbocycles. The van der Waals surface area contributed by atoms with E-state index < -0.39 is 74.1 Å². The van der Waals surface area contributed by atoms with Gasteiger partial charge in [0.05, 0.1) is 36.7 Å². The van der Waals surface area contributed by atoms with E-state index in [2.05, 4.69) is 21.9 Å². The van der Waals surface area contributed by atoms with Crippen molar-refractivity contribution in [1.29, 1.82) is 0 Å². The zero-order valence-corrected chi connectivity index (χ0v) is 34.1. The standard InChI is InChI=1S/C43H51N5O9S/c1-6-28-24-43(28,40(51)47-58(53,54)30-17-18-30)46-38(49)34-21-29-25-48(34)39(50)37(42(2,3)4)45-41(52)56-19-13-8-7-10-16-27-20-31-33(23-35(27)55-5)44-32(22-36(31)57-29)26-14-11-9-12-15-26/h6,9-12,14-16,20,22-23,28-30,34,37H,1,7-8,13,17-19,21,24-25H2,2-5H3,(H,45,52)(H,46,49)(H,47,51)/b16-10+/t28-,29-,34+,37-,43-/m1/s1. The summed E-state index contributed by atoms with van der Waals surface area (Å²) in [6.45, 7) is 9.29. The van der Waals surface area contributed by atoms with Gasteiger partial charge >= 0.3 is 6.09 Å². The summed E-state index contributed by atoms with van der Waals surface area (Å²) in [5.41, 5.74) is 0.513. The van der Waals surface area contributed by atoms with Crippen LogP contribution in [0.1, 0.15) is 71.3 Å². The number of hydrogen-bond acceptors (Lipinski definition) is 10. The van der Waals surface area contributed by atoms with Crippen molar-refractivity contribution in [3.8, 4) is 22.8 Å². The van der Waals surface area contributed by atoms with E-state index in [1.807, 2.05) is 60.7 Å². The molecule has 4 aliphatic rings. The first kappa shape index (κ1) is 40.7. The van der Waals surface area contributed by atoms with Crippen molar-refractivity contribution < 1.29 is 41.8 Å². The van der Waals surface area contributed by atoms with E-state index in [0.29, 0.717) is 47.4 Å². The van der Waals surface area contributed by atoms with Gasteiger partial charge in [-0.3, -0.25) is 19.1 Å². The molecule has 1 saturated heterocycles. The third-order valence-electron chi connectivity index (χ3n) is 11.3. The van der Waals surface area contributed by atoms with Crippen molar-refractivity contribution in [2.45, 2.75) is 94.7 Å². The molecule has 2 aliphatic carbocycles. The van der Waals surface area contributed by atoms with Gasteiger partial charge in [0.2, 0.25) is 21.8 Å². The lowest BCUT2D eigenvalue weighted by atomic mass is 9.85. The normalized spacial score (nSPS) is 25.9. The summed E-state index contributed by atoms with van der Waals surface area (Å²) in [4.78, 5) is 62.3. The predicted octanol–water partition coefficient (Wildman–Crippen LogP) is 5.27. The van der Waals surface area contributed by atoms with Gasteiger partial charge in [-0.15, -0.1) is 6.58 Å². The maximum Gasteiger partial charge on any atom is 0.407 e. The maximum atomic E-state index is 14.7. The third kappa shape index (κ3) is 8.54. The molecular formula is C43H51N5O9S. The fourth-order valence-electron chi connectivity index (χ4n) is 7.69. The lowest BCUT2D eigenvalue weighted by Gasteiger charge is -2.35. The van der Waals surface area contributed by atoms with E-state index in [1.165, 1.54) is 11.0 Å². The number of carbonyl (C=O) groups excluding carboxylic acids is 4. The number of pyridine rings is 1. The highest BCUT2D eigenvalue weighted by molar-refractivity contribution is 7.91. The van der Waals surface area contributed by atoms with E-state index in [0.717, 1.165) is 24.0 Å². The minimum absolute atomic E-state index is 0.0170. The summed E-state index contributed by atoms with van der Waals surface area (Å²) in [5, 5.41) is 5.62. The molecule has 5 atom stereocenters.